The Morgan fingerprint density at radius 1 is 1.12 bits per heavy atom. The van der Waals surface area contributed by atoms with E-state index in [1.54, 1.807) is 0 Å². The van der Waals surface area contributed by atoms with Crippen LogP contribution in [0.5, 0.6) is 0 Å². The van der Waals surface area contributed by atoms with Gasteiger partial charge in [-0.25, -0.2) is 4.79 Å². The molecule has 0 aromatic heterocycles. The molecule has 0 aromatic rings. The highest BCUT2D eigenvalue weighted by molar-refractivity contribution is 7.80. The van der Waals surface area contributed by atoms with Crippen LogP contribution in [0.2, 0.25) is 0 Å². The number of rotatable bonds is 5. The lowest BCUT2D eigenvalue weighted by Gasteiger charge is -2.34. The van der Waals surface area contributed by atoms with Gasteiger partial charge in [0, 0.05) is 12.0 Å². The van der Waals surface area contributed by atoms with E-state index in [0.29, 0.717) is 30.7 Å². The van der Waals surface area contributed by atoms with Gasteiger partial charge in [0.1, 0.15) is 0 Å². The minimum Gasteiger partial charge on any atom is -0.353 e. The Morgan fingerprint density at radius 3 is 2.21 bits per heavy atom. The normalized spacial score (nSPS) is 25.9. The van der Waals surface area contributed by atoms with Crippen molar-refractivity contribution < 1.29 is 26.8 Å². The average molecular weight is 364 g/mol. The van der Waals surface area contributed by atoms with Gasteiger partial charge in [0.15, 0.2) is 0 Å². The van der Waals surface area contributed by atoms with Gasteiger partial charge in [0.2, 0.25) is 5.91 Å². The molecule has 0 atom stereocenters. The highest BCUT2D eigenvalue weighted by Crippen LogP contribution is 2.28. The van der Waals surface area contributed by atoms with Crippen LogP contribution in [0.25, 0.3) is 0 Å². The molecule has 24 heavy (non-hydrogen) atoms. The maximum atomic E-state index is 12.3. The number of urea groups is 1. The van der Waals surface area contributed by atoms with Crippen LogP contribution in [-0.2, 0) is 19.5 Å². The second kappa shape index (κ2) is 8.10. The Hall–Kier alpha value is -1.43. The summed E-state index contributed by atoms with van der Waals surface area (Å²) in [6, 6.07) is -1.51. The fourth-order valence-electron chi connectivity index (χ4n) is 3.24. The molecule has 3 amide bonds. The molecule has 2 fully saturated rings. The highest BCUT2D eigenvalue weighted by atomic mass is 32.3. The summed E-state index contributed by atoms with van der Waals surface area (Å²) in [5.41, 5.74) is 5.09. The summed E-state index contributed by atoms with van der Waals surface area (Å²) >= 11 is 0. The van der Waals surface area contributed by atoms with Crippen molar-refractivity contribution in [1.82, 2.24) is 15.7 Å². The molecule has 10 nitrogen and oxygen atoms in total. The van der Waals surface area contributed by atoms with Crippen molar-refractivity contribution >= 4 is 22.3 Å². The van der Waals surface area contributed by atoms with Crippen molar-refractivity contribution in [3.8, 4) is 0 Å². The zero-order valence-electron chi connectivity index (χ0n) is 13.3. The van der Waals surface area contributed by atoms with Gasteiger partial charge in [-0.05, 0) is 51.6 Å². The largest absolute Gasteiger partial charge is 0.418 e. The number of hydroxylamine groups is 2. The van der Waals surface area contributed by atoms with Crippen molar-refractivity contribution in [2.24, 2.45) is 11.7 Å². The van der Waals surface area contributed by atoms with E-state index in [2.05, 4.69) is 14.9 Å². The molecular weight excluding hydrogens is 340 g/mol. The zero-order chi connectivity index (χ0) is 17.7. The molecule has 0 spiro atoms. The lowest BCUT2D eigenvalue weighted by Crippen LogP contribution is -2.48. The molecule has 2 rings (SSSR count). The van der Waals surface area contributed by atoms with Crippen LogP contribution in [0.4, 0.5) is 4.79 Å². The topological polar surface area (TPSA) is 151 Å². The number of hydrogen-bond acceptors (Lipinski definition) is 6. The van der Waals surface area contributed by atoms with E-state index in [1.165, 1.54) is 0 Å². The number of nitrogens with zero attached hydrogens (tertiary/aromatic N) is 1. The van der Waals surface area contributed by atoms with E-state index in [9.17, 15) is 18.0 Å². The number of nitrogens with two attached hydrogens (primary N) is 1. The van der Waals surface area contributed by atoms with Gasteiger partial charge in [0.25, 0.3) is 0 Å². The van der Waals surface area contributed by atoms with E-state index in [0.717, 1.165) is 25.9 Å². The van der Waals surface area contributed by atoms with Gasteiger partial charge >= 0.3 is 16.4 Å². The maximum Gasteiger partial charge on any atom is 0.418 e. The molecule has 0 unspecified atom stereocenters. The third-order valence-corrected chi connectivity index (χ3v) is 4.83. The lowest BCUT2D eigenvalue weighted by atomic mass is 9.85. The van der Waals surface area contributed by atoms with Gasteiger partial charge < -0.3 is 16.4 Å². The number of amides is 3. The first-order valence-corrected chi connectivity index (χ1v) is 9.39. The molecule has 2 aliphatic rings. The van der Waals surface area contributed by atoms with E-state index < -0.39 is 22.5 Å². The second-order valence-electron chi connectivity index (χ2n) is 6.20. The Bertz CT molecular complexity index is 555. The van der Waals surface area contributed by atoms with Crippen LogP contribution >= 0.6 is 0 Å². The molecule has 1 heterocycles. The van der Waals surface area contributed by atoms with Crippen molar-refractivity contribution in [3.05, 3.63) is 0 Å². The Labute approximate surface area is 141 Å². The van der Waals surface area contributed by atoms with Gasteiger partial charge in [-0.1, -0.05) is 0 Å². The minimum absolute atomic E-state index is 0.0123. The smallest absolute Gasteiger partial charge is 0.353 e. The van der Waals surface area contributed by atoms with Gasteiger partial charge in [-0.15, -0.1) is 4.28 Å². The van der Waals surface area contributed by atoms with Crippen molar-refractivity contribution in [2.75, 3.05) is 13.1 Å². The summed E-state index contributed by atoms with van der Waals surface area (Å²) in [5, 5.41) is 6.74. The predicted molar refractivity (Wildman–Crippen MR) is 83.8 cm³/mol. The zero-order valence-corrected chi connectivity index (χ0v) is 14.1. The predicted octanol–water partition coefficient (Wildman–Crippen LogP) is -0.471. The molecule has 0 radical (unpaired) electrons. The molecule has 11 heteroatoms. The second-order valence-corrected chi connectivity index (χ2v) is 7.21. The monoisotopic (exact) mass is 364 g/mol. The fourth-order valence-corrected chi connectivity index (χ4v) is 3.63. The summed E-state index contributed by atoms with van der Waals surface area (Å²) in [4.78, 5) is 23.6. The lowest BCUT2D eigenvalue weighted by molar-refractivity contribution is -0.128. The third-order valence-electron chi connectivity index (χ3n) is 4.48. The first-order valence-electron chi connectivity index (χ1n) is 8.03. The summed E-state index contributed by atoms with van der Waals surface area (Å²) in [6.07, 6.45) is 3.50. The molecule has 1 saturated heterocycles. The number of primary amides is 1. The van der Waals surface area contributed by atoms with Crippen molar-refractivity contribution in [2.45, 2.75) is 50.6 Å². The fraction of sp³-hybridized carbons (Fsp3) is 0.846. The van der Waals surface area contributed by atoms with Crippen LogP contribution in [-0.4, -0.2) is 55.1 Å². The molecule has 1 aliphatic carbocycles. The standard InChI is InChI=1S/C13H24N4O6S/c14-13(19)17(23-24(20,21)22)11-3-1-9(2-4-11)12(18)16-10-5-7-15-8-6-10/h9-11,15H,1-8H2,(H2,14,19)(H,16,18)(H,20,21,22)/t9-,11-. The number of hydrogen-bond donors (Lipinski definition) is 4. The Kier molecular flexibility index (Phi) is 6.38. The first-order chi connectivity index (χ1) is 11.3. The molecule has 0 aromatic carbocycles. The van der Waals surface area contributed by atoms with E-state index in [1.807, 2.05) is 0 Å². The summed E-state index contributed by atoms with van der Waals surface area (Å²) < 4.78 is 34.6. The number of piperidine rings is 1. The van der Waals surface area contributed by atoms with Gasteiger partial charge in [-0.2, -0.15) is 13.5 Å². The Morgan fingerprint density at radius 2 is 1.71 bits per heavy atom. The maximum absolute atomic E-state index is 12.3. The van der Waals surface area contributed by atoms with Crippen molar-refractivity contribution in [1.29, 1.82) is 0 Å². The SMILES string of the molecule is NC(=O)N(OS(=O)(=O)O)[C@H]1CC[C@H](C(=O)NC2CCNCC2)CC1. The third kappa shape index (κ3) is 5.58. The number of nitrogens with one attached hydrogen (secondary N) is 2. The molecule has 138 valence electrons. The Balaban J connectivity index is 1.85. The van der Waals surface area contributed by atoms with Gasteiger partial charge in [0.05, 0.1) is 6.04 Å². The molecular formula is C13H24N4O6S. The van der Waals surface area contributed by atoms with Crippen LogP contribution in [0, 0.1) is 5.92 Å². The average Bonchev–Trinajstić information content (AvgIpc) is 2.53. The van der Waals surface area contributed by atoms with Gasteiger partial charge in [-0.3, -0.25) is 9.35 Å². The van der Waals surface area contributed by atoms with Crippen LogP contribution in [0.3, 0.4) is 0 Å². The van der Waals surface area contributed by atoms with Crippen LogP contribution < -0.4 is 16.4 Å². The van der Waals surface area contributed by atoms with E-state index in [-0.39, 0.29) is 17.9 Å². The quantitative estimate of drug-likeness (QED) is 0.380. The van der Waals surface area contributed by atoms with Crippen LogP contribution in [0.15, 0.2) is 0 Å². The summed E-state index contributed by atoms with van der Waals surface area (Å²) in [5.74, 6) is -0.196. The summed E-state index contributed by atoms with van der Waals surface area (Å²) in [7, 11) is -4.83. The number of carbonyl (C=O) groups is 2. The highest BCUT2D eigenvalue weighted by Gasteiger charge is 2.34. The van der Waals surface area contributed by atoms with Crippen LogP contribution in [0.1, 0.15) is 38.5 Å². The summed E-state index contributed by atoms with van der Waals surface area (Å²) in [6.45, 7) is 1.77. The van der Waals surface area contributed by atoms with E-state index >= 15 is 0 Å². The molecule has 0 bridgehead atoms. The molecule has 1 saturated carbocycles. The van der Waals surface area contributed by atoms with E-state index in [4.69, 9.17) is 10.3 Å². The number of carbonyl (C=O) groups excluding carboxylic acids is 2. The first kappa shape index (κ1) is 18.9. The van der Waals surface area contributed by atoms with Crippen molar-refractivity contribution in [3.63, 3.8) is 0 Å². The molecule has 1 aliphatic heterocycles. The molecule has 5 N–H and O–H groups in total. The minimum atomic E-state index is -4.83.